The number of amides is 2. The van der Waals surface area contributed by atoms with Crippen LogP contribution in [0.5, 0.6) is 5.75 Å². The Morgan fingerprint density at radius 1 is 0.974 bits per heavy atom. The minimum absolute atomic E-state index is 0.0628. The Bertz CT molecular complexity index is 1480. The average Bonchev–Trinajstić information content (AvgIpc) is 3.34. The number of benzene rings is 2. The zero-order valence-corrected chi connectivity index (χ0v) is 24.1. The zero-order valence-electron chi connectivity index (χ0n) is 22.4. The lowest BCUT2D eigenvalue weighted by Crippen LogP contribution is -2.32. The SMILES string of the molecule is CCOC(=O)Cn1c2c(sc1=O)[C@H](c1ccc(C(C)(C)C)cc1)C1C(=O)N(c3ccc(OC)cc3)C(=O)C1S2. The summed E-state index contributed by atoms with van der Waals surface area (Å²) < 4.78 is 11.7. The molecule has 3 atom stereocenters. The molecule has 1 fully saturated rings. The number of carbonyl (C=O) groups excluding carboxylic acids is 3. The first kappa shape index (κ1) is 27.2. The van der Waals surface area contributed by atoms with Crippen molar-refractivity contribution in [2.24, 2.45) is 5.92 Å². The number of anilines is 1. The number of hydrogen-bond donors (Lipinski definition) is 0. The van der Waals surface area contributed by atoms with E-state index in [1.54, 1.807) is 38.3 Å². The van der Waals surface area contributed by atoms with E-state index in [-0.39, 0.29) is 35.3 Å². The molecule has 5 rings (SSSR count). The van der Waals surface area contributed by atoms with Crippen LogP contribution in [0, 0.1) is 5.92 Å². The van der Waals surface area contributed by atoms with E-state index >= 15 is 0 Å². The standard InChI is InChI=1S/C29H30N2O6S2/c1-6-37-20(32)15-30-27-24(39-28(30)35)21(16-7-9-17(10-8-16)29(2,3)4)22-23(38-27)26(34)31(25(22)33)18-11-13-19(36-5)14-12-18/h7-14,21-23H,6,15H2,1-5H3/t21-,22?,23?/m1/s1. The molecule has 204 valence electrons. The molecule has 0 bridgehead atoms. The Kier molecular flexibility index (Phi) is 7.19. The predicted octanol–water partition coefficient (Wildman–Crippen LogP) is 4.57. The third-order valence-corrected chi connectivity index (χ3v) is 9.71. The van der Waals surface area contributed by atoms with Crippen molar-refractivity contribution in [2.75, 3.05) is 18.6 Å². The predicted molar refractivity (Wildman–Crippen MR) is 151 cm³/mol. The lowest BCUT2D eigenvalue weighted by atomic mass is 9.81. The summed E-state index contributed by atoms with van der Waals surface area (Å²) in [6, 6.07) is 14.8. The normalized spacial score (nSPS) is 20.5. The molecule has 0 aliphatic carbocycles. The number of thioether (sulfide) groups is 1. The maximum absolute atomic E-state index is 14.0. The van der Waals surface area contributed by atoms with Gasteiger partial charge in [0, 0.05) is 10.8 Å². The molecule has 2 aliphatic heterocycles. The average molecular weight is 567 g/mol. The number of rotatable bonds is 6. The Morgan fingerprint density at radius 2 is 1.64 bits per heavy atom. The largest absolute Gasteiger partial charge is 0.497 e. The number of hydrogen-bond acceptors (Lipinski definition) is 8. The quantitative estimate of drug-likeness (QED) is 0.319. The van der Waals surface area contributed by atoms with Crippen molar-refractivity contribution < 1.29 is 23.9 Å². The molecular formula is C29H30N2O6S2. The van der Waals surface area contributed by atoms with Crippen molar-refractivity contribution in [2.45, 2.75) is 55.8 Å². The minimum Gasteiger partial charge on any atom is -0.497 e. The van der Waals surface area contributed by atoms with Crippen molar-refractivity contribution in [1.82, 2.24) is 4.57 Å². The summed E-state index contributed by atoms with van der Waals surface area (Å²) >= 11 is 2.21. The molecule has 39 heavy (non-hydrogen) atoms. The van der Waals surface area contributed by atoms with Crippen molar-refractivity contribution >= 4 is 46.6 Å². The lowest BCUT2D eigenvalue weighted by molar-refractivity contribution is -0.144. The number of fused-ring (bicyclic) bond motifs is 2. The van der Waals surface area contributed by atoms with Crippen molar-refractivity contribution in [3.05, 3.63) is 74.2 Å². The molecule has 2 amide bonds. The minimum atomic E-state index is -0.748. The van der Waals surface area contributed by atoms with Crippen LogP contribution >= 0.6 is 23.1 Å². The van der Waals surface area contributed by atoms with E-state index in [1.807, 2.05) is 24.3 Å². The number of aromatic nitrogens is 1. The molecule has 0 saturated carbocycles. The monoisotopic (exact) mass is 566 g/mol. The van der Waals surface area contributed by atoms with Crippen LogP contribution in [0.4, 0.5) is 5.69 Å². The van der Waals surface area contributed by atoms with Crippen LogP contribution in [0.3, 0.4) is 0 Å². The van der Waals surface area contributed by atoms with Gasteiger partial charge in [-0.3, -0.25) is 23.7 Å². The van der Waals surface area contributed by atoms with Crippen LogP contribution in [0.25, 0.3) is 0 Å². The van der Waals surface area contributed by atoms with Crippen LogP contribution in [0.1, 0.15) is 49.6 Å². The van der Waals surface area contributed by atoms with Gasteiger partial charge in [-0.2, -0.15) is 0 Å². The van der Waals surface area contributed by atoms with E-state index in [2.05, 4.69) is 20.8 Å². The fraction of sp³-hybridized carbons (Fsp3) is 0.379. The fourth-order valence-electron chi connectivity index (χ4n) is 5.13. The van der Waals surface area contributed by atoms with Crippen molar-refractivity contribution in [3.63, 3.8) is 0 Å². The van der Waals surface area contributed by atoms with Gasteiger partial charge >= 0.3 is 10.8 Å². The van der Waals surface area contributed by atoms with Gasteiger partial charge in [0.05, 0.1) is 30.3 Å². The molecule has 0 spiro atoms. The molecule has 10 heteroatoms. The highest BCUT2D eigenvalue weighted by atomic mass is 32.2. The summed E-state index contributed by atoms with van der Waals surface area (Å²) in [5.74, 6) is -1.78. The Morgan fingerprint density at radius 3 is 2.23 bits per heavy atom. The van der Waals surface area contributed by atoms with Crippen molar-refractivity contribution in [3.8, 4) is 5.75 Å². The first-order valence-corrected chi connectivity index (χ1v) is 14.4. The third kappa shape index (κ3) is 4.80. The summed E-state index contributed by atoms with van der Waals surface area (Å²) in [4.78, 5) is 54.8. The van der Waals surface area contributed by atoms with Gasteiger partial charge in [0.25, 0.3) is 0 Å². The second kappa shape index (κ2) is 10.3. The van der Waals surface area contributed by atoms with Gasteiger partial charge in [0.15, 0.2) is 0 Å². The van der Waals surface area contributed by atoms with E-state index in [4.69, 9.17) is 9.47 Å². The van der Waals surface area contributed by atoms with Gasteiger partial charge in [-0.1, -0.05) is 68.1 Å². The molecule has 1 aromatic heterocycles. The number of ether oxygens (including phenoxy) is 2. The fourth-order valence-corrected chi connectivity index (χ4v) is 7.90. The van der Waals surface area contributed by atoms with E-state index in [0.717, 1.165) is 22.5 Å². The molecule has 1 saturated heterocycles. The molecule has 8 nitrogen and oxygen atoms in total. The van der Waals surface area contributed by atoms with Crippen LogP contribution in [0.15, 0.2) is 58.4 Å². The van der Waals surface area contributed by atoms with Crippen LogP contribution in [-0.4, -0.2) is 41.3 Å². The molecule has 0 radical (unpaired) electrons. The Balaban J connectivity index is 1.63. The number of imide groups is 1. The maximum atomic E-state index is 14.0. The van der Waals surface area contributed by atoms with Gasteiger partial charge < -0.3 is 9.47 Å². The van der Waals surface area contributed by atoms with Gasteiger partial charge in [-0.25, -0.2) is 4.90 Å². The van der Waals surface area contributed by atoms with Crippen molar-refractivity contribution in [1.29, 1.82) is 0 Å². The number of nitrogens with zero attached hydrogens (tertiary/aromatic N) is 2. The zero-order chi connectivity index (χ0) is 28.1. The van der Waals surface area contributed by atoms with E-state index < -0.39 is 23.1 Å². The summed E-state index contributed by atoms with van der Waals surface area (Å²) in [5.41, 5.74) is 2.39. The molecule has 2 aliphatic rings. The third-order valence-electron chi connectivity index (χ3n) is 7.11. The second-order valence-electron chi connectivity index (χ2n) is 10.6. The lowest BCUT2D eigenvalue weighted by Gasteiger charge is -2.31. The highest BCUT2D eigenvalue weighted by molar-refractivity contribution is 8.00. The summed E-state index contributed by atoms with van der Waals surface area (Å²) in [6.07, 6.45) is 0. The first-order chi connectivity index (χ1) is 18.5. The number of thiazole rings is 1. The van der Waals surface area contributed by atoms with Gasteiger partial charge in [-0.15, -0.1) is 0 Å². The molecule has 2 unspecified atom stereocenters. The number of carbonyl (C=O) groups is 3. The summed E-state index contributed by atoms with van der Waals surface area (Å²) in [5, 5.41) is -0.205. The summed E-state index contributed by atoms with van der Waals surface area (Å²) in [6.45, 7) is 8.03. The Hall–Kier alpha value is -3.37. The Labute approximate surface area is 234 Å². The molecule has 3 heterocycles. The van der Waals surface area contributed by atoms with E-state index in [0.29, 0.717) is 21.3 Å². The number of methoxy groups -OCH3 is 1. The van der Waals surface area contributed by atoms with Crippen LogP contribution < -0.4 is 14.5 Å². The highest BCUT2D eigenvalue weighted by Gasteiger charge is 2.56. The molecule has 0 N–H and O–H groups in total. The topological polar surface area (TPSA) is 94.9 Å². The van der Waals surface area contributed by atoms with Crippen LogP contribution in [0.2, 0.25) is 0 Å². The smallest absolute Gasteiger partial charge is 0.326 e. The van der Waals surface area contributed by atoms with Gasteiger partial charge in [0.1, 0.15) is 17.5 Å². The summed E-state index contributed by atoms with van der Waals surface area (Å²) in [7, 11) is 1.55. The highest BCUT2D eigenvalue weighted by Crippen LogP contribution is 2.54. The van der Waals surface area contributed by atoms with E-state index in [9.17, 15) is 19.2 Å². The van der Waals surface area contributed by atoms with Gasteiger partial charge in [-0.05, 0) is 47.7 Å². The van der Waals surface area contributed by atoms with E-state index in [1.165, 1.54) is 21.2 Å². The first-order valence-electron chi connectivity index (χ1n) is 12.7. The second-order valence-corrected chi connectivity index (χ2v) is 12.7. The van der Waals surface area contributed by atoms with Crippen LogP contribution in [-0.2, 0) is 31.1 Å². The maximum Gasteiger partial charge on any atom is 0.326 e. The molecule has 3 aromatic rings. The molecular weight excluding hydrogens is 536 g/mol. The molecule has 2 aromatic carbocycles. The van der Waals surface area contributed by atoms with Gasteiger partial charge in [0.2, 0.25) is 11.8 Å². The number of esters is 1.